The van der Waals surface area contributed by atoms with Gasteiger partial charge in [-0.15, -0.1) is 0 Å². The molecule has 5 atom stereocenters. The van der Waals surface area contributed by atoms with E-state index in [2.05, 4.69) is 9.97 Å². The highest BCUT2D eigenvalue weighted by Crippen LogP contribution is 2.60. The Morgan fingerprint density at radius 3 is 1.77 bits per heavy atom. The molecule has 5 rings (SSSR count). The molecule has 3 N–H and O–H groups in total. The number of nitrogens with zero attached hydrogens (tertiary/aromatic N) is 3. The SMILES string of the molecule is Cc1cn([C@H]2CC[C@@H](COP(=O)(OC[C@@H]3CC[C@H](n4cc(C)c(=O)[nH]c4=O)O3)C(O)c3ccc(C#N)cc3)O2)c(=O)[nH]c1=O. The fourth-order valence-corrected chi connectivity index (χ4v) is 6.74. The number of rotatable bonds is 10. The highest BCUT2D eigenvalue weighted by Gasteiger charge is 2.40. The number of aryl methyl sites for hydroxylation is 2. The molecule has 44 heavy (non-hydrogen) atoms. The smallest absolute Gasteiger partial charge is 0.363 e. The third-order valence-corrected chi connectivity index (χ3v) is 9.52. The molecule has 2 fully saturated rings. The predicted molar refractivity (Wildman–Crippen MR) is 154 cm³/mol. The molecule has 0 radical (unpaired) electrons. The van der Waals surface area contributed by atoms with Crippen molar-refractivity contribution in [2.45, 2.75) is 70.0 Å². The molecular formula is C28H32N5O10P. The van der Waals surface area contributed by atoms with Gasteiger partial charge in [0.25, 0.3) is 11.1 Å². The van der Waals surface area contributed by atoms with Crippen LogP contribution in [0.25, 0.3) is 0 Å². The minimum absolute atomic E-state index is 0.202. The Morgan fingerprint density at radius 2 is 1.34 bits per heavy atom. The molecule has 0 bridgehead atoms. The maximum atomic E-state index is 14.1. The Kier molecular flexibility index (Phi) is 9.31. The Balaban J connectivity index is 1.28. The van der Waals surface area contributed by atoms with Crippen molar-refractivity contribution >= 4 is 7.60 Å². The maximum absolute atomic E-state index is 14.1. The van der Waals surface area contributed by atoms with Crippen LogP contribution in [0.2, 0.25) is 0 Å². The minimum atomic E-state index is -4.31. The van der Waals surface area contributed by atoms with Crippen LogP contribution < -0.4 is 22.5 Å². The van der Waals surface area contributed by atoms with Crippen LogP contribution in [-0.2, 0) is 23.1 Å². The van der Waals surface area contributed by atoms with E-state index in [-0.39, 0.29) is 18.8 Å². The van der Waals surface area contributed by atoms with E-state index < -0.39 is 60.6 Å². The molecule has 2 aliphatic heterocycles. The molecule has 1 aromatic carbocycles. The lowest BCUT2D eigenvalue weighted by atomic mass is 10.2. The van der Waals surface area contributed by atoms with Crippen LogP contribution in [0.5, 0.6) is 0 Å². The van der Waals surface area contributed by atoms with Crippen molar-refractivity contribution in [3.05, 3.63) is 101 Å². The molecule has 234 valence electrons. The zero-order chi connectivity index (χ0) is 31.6. The first kappa shape index (κ1) is 31.5. The minimum Gasteiger partial charge on any atom is -0.376 e. The summed E-state index contributed by atoms with van der Waals surface area (Å²) < 4.78 is 40.1. The molecule has 0 aliphatic carbocycles. The van der Waals surface area contributed by atoms with Crippen molar-refractivity contribution in [3.63, 3.8) is 0 Å². The summed E-state index contributed by atoms with van der Waals surface area (Å²) in [6.07, 6.45) is 1.96. The van der Waals surface area contributed by atoms with E-state index in [0.29, 0.717) is 42.4 Å². The molecule has 0 amide bonds. The van der Waals surface area contributed by atoms with Crippen molar-refractivity contribution in [2.75, 3.05) is 13.2 Å². The van der Waals surface area contributed by atoms with E-state index in [9.17, 15) is 28.8 Å². The van der Waals surface area contributed by atoms with Crippen LogP contribution in [-0.4, -0.2) is 49.6 Å². The van der Waals surface area contributed by atoms with Gasteiger partial charge < -0.3 is 23.6 Å². The summed E-state index contributed by atoms with van der Waals surface area (Å²) in [4.78, 5) is 52.6. The second-order valence-electron chi connectivity index (χ2n) is 10.8. The van der Waals surface area contributed by atoms with Gasteiger partial charge in [0.05, 0.1) is 37.1 Å². The number of benzene rings is 1. The second kappa shape index (κ2) is 13.0. The first-order valence-electron chi connectivity index (χ1n) is 14.0. The molecule has 2 aliphatic rings. The van der Waals surface area contributed by atoms with Crippen LogP contribution in [0.4, 0.5) is 0 Å². The van der Waals surface area contributed by atoms with E-state index in [1.54, 1.807) is 13.8 Å². The van der Waals surface area contributed by atoms with Gasteiger partial charge in [0.2, 0.25) is 0 Å². The van der Waals surface area contributed by atoms with E-state index in [4.69, 9.17) is 23.8 Å². The number of H-pyrrole nitrogens is 2. The standard InChI is InChI=1S/C28H32N5O10P/c1-16-12-32(27(37)30-24(16)34)22-9-7-20(42-22)14-40-44(39,26(36)19-5-3-18(11-29)4-6-19)41-15-21-8-10-23(43-21)33-13-17(2)25(35)31-28(33)38/h3-6,12-13,20-23,26,36H,7-10,14-15H2,1-2H3,(H,30,34,37)(H,31,35,38)/t20-,21-,22+,23+,26?/m0/s1. The summed E-state index contributed by atoms with van der Waals surface area (Å²) in [5, 5.41) is 20.3. The van der Waals surface area contributed by atoms with Crippen LogP contribution in [0.1, 0.15) is 66.2 Å². The lowest BCUT2D eigenvalue weighted by molar-refractivity contribution is -0.0351. The fraction of sp³-hybridized carbons (Fsp3) is 0.464. The molecule has 1 unspecified atom stereocenters. The quantitative estimate of drug-likeness (QED) is 0.276. The molecule has 3 aromatic rings. The van der Waals surface area contributed by atoms with Gasteiger partial charge in [-0.1, -0.05) is 12.1 Å². The summed E-state index contributed by atoms with van der Waals surface area (Å²) >= 11 is 0. The summed E-state index contributed by atoms with van der Waals surface area (Å²) in [5.74, 6) is -1.71. The van der Waals surface area contributed by atoms with Crippen LogP contribution in [0.15, 0.2) is 55.8 Å². The number of aromatic amines is 2. The van der Waals surface area contributed by atoms with Gasteiger partial charge in [0.1, 0.15) is 12.5 Å². The monoisotopic (exact) mass is 629 g/mol. The number of hydrogen-bond donors (Lipinski definition) is 3. The zero-order valence-corrected chi connectivity index (χ0v) is 24.9. The summed E-state index contributed by atoms with van der Waals surface area (Å²) in [6, 6.07) is 7.80. The van der Waals surface area contributed by atoms with Crippen molar-refractivity contribution in [2.24, 2.45) is 0 Å². The molecule has 15 nitrogen and oxygen atoms in total. The van der Waals surface area contributed by atoms with Gasteiger partial charge in [-0.2, -0.15) is 5.26 Å². The first-order valence-corrected chi connectivity index (χ1v) is 15.6. The zero-order valence-electron chi connectivity index (χ0n) is 24.0. The Morgan fingerprint density at radius 1 is 0.886 bits per heavy atom. The number of aliphatic hydroxyl groups excluding tert-OH is 1. The van der Waals surface area contributed by atoms with Gasteiger partial charge in [0.15, 0.2) is 5.85 Å². The van der Waals surface area contributed by atoms with Crippen molar-refractivity contribution < 1.29 is 28.2 Å². The molecule has 2 aromatic heterocycles. The molecular weight excluding hydrogens is 597 g/mol. The van der Waals surface area contributed by atoms with E-state index >= 15 is 0 Å². The predicted octanol–water partition coefficient (Wildman–Crippen LogP) is 1.85. The average molecular weight is 630 g/mol. The van der Waals surface area contributed by atoms with Crippen molar-refractivity contribution in [1.82, 2.24) is 19.1 Å². The molecule has 4 heterocycles. The highest BCUT2D eigenvalue weighted by atomic mass is 31.2. The number of ether oxygens (including phenoxy) is 2. The second-order valence-corrected chi connectivity index (χ2v) is 12.9. The van der Waals surface area contributed by atoms with E-state index in [0.717, 1.165) is 0 Å². The van der Waals surface area contributed by atoms with Gasteiger partial charge in [-0.05, 0) is 57.2 Å². The number of nitrogens with one attached hydrogen (secondary N) is 2. The van der Waals surface area contributed by atoms with E-state index in [1.165, 1.54) is 45.8 Å². The highest BCUT2D eigenvalue weighted by molar-refractivity contribution is 7.54. The topological polar surface area (TPSA) is 208 Å². The molecule has 2 saturated heterocycles. The van der Waals surface area contributed by atoms with Crippen LogP contribution in [0, 0.1) is 25.2 Å². The van der Waals surface area contributed by atoms with E-state index in [1.807, 2.05) is 6.07 Å². The van der Waals surface area contributed by atoms with Crippen molar-refractivity contribution in [1.29, 1.82) is 5.26 Å². The number of hydrogen-bond acceptors (Lipinski definition) is 11. The third kappa shape index (κ3) is 6.76. The number of aliphatic hydroxyl groups is 1. The van der Waals surface area contributed by atoms with Gasteiger partial charge >= 0.3 is 19.0 Å². The summed E-state index contributed by atoms with van der Waals surface area (Å²) in [6.45, 7) is 2.66. The third-order valence-electron chi connectivity index (χ3n) is 7.60. The van der Waals surface area contributed by atoms with Crippen LogP contribution in [0.3, 0.4) is 0 Å². The van der Waals surface area contributed by atoms with Gasteiger partial charge in [-0.25, -0.2) is 9.59 Å². The van der Waals surface area contributed by atoms with Gasteiger partial charge in [0, 0.05) is 23.5 Å². The summed E-state index contributed by atoms with van der Waals surface area (Å²) in [7, 11) is -4.31. The van der Waals surface area contributed by atoms with Crippen molar-refractivity contribution in [3.8, 4) is 6.07 Å². The molecule has 0 spiro atoms. The fourth-order valence-electron chi connectivity index (χ4n) is 5.09. The normalized spacial score (nSPS) is 22.6. The Labute approximate surface area is 250 Å². The Hall–Kier alpha value is -3.90. The van der Waals surface area contributed by atoms with Crippen LogP contribution >= 0.6 is 7.60 Å². The molecule has 0 saturated carbocycles. The van der Waals surface area contributed by atoms with Gasteiger partial charge in [-0.3, -0.25) is 33.3 Å². The maximum Gasteiger partial charge on any atom is 0.363 e. The molecule has 16 heteroatoms. The largest absolute Gasteiger partial charge is 0.376 e. The lowest BCUT2D eigenvalue weighted by Gasteiger charge is -2.26. The number of nitriles is 1. The summed E-state index contributed by atoms with van der Waals surface area (Å²) in [5.41, 5.74) is -0.989. The number of aromatic nitrogens is 4. The first-order chi connectivity index (χ1) is 21.0. The average Bonchev–Trinajstić information content (AvgIpc) is 3.68. The lowest BCUT2D eigenvalue weighted by Crippen LogP contribution is -2.33. The Bertz CT molecular complexity index is 1740.